The van der Waals surface area contributed by atoms with Crippen LogP contribution in [0.15, 0.2) is 59.0 Å². The molecule has 10 rings (SSSR count). The number of hydrogen-bond acceptors (Lipinski definition) is 12. The van der Waals surface area contributed by atoms with E-state index >= 15 is 0 Å². The summed E-state index contributed by atoms with van der Waals surface area (Å²) in [5, 5.41) is 20.4. The van der Waals surface area contributed by atoms with Crippen molar-refractivity contribution in [1.29, 1.82) is 5.26 Å². The number of nitriles is 1. The van der Waals surface area contributed by atoms with Gasteiger partial charge >= 0.3 is 0 Å². The molecule has 5 aromatic rings. The Morgan fingerprint density at radius 2 is 1.77 bits per heavy atom. The number of aliphatic hydroxyl groups excluding tert-OH is 1. The number of fused-ring (bicyclic) bond motifs is 3. The van der Waals surface area contributed by atoms with Crippen molar-refractivity contribution in [3.05, 3.63) is 93.0 Å². The Labute approximate surface area is 353 Å². The van der Waals surface area contributed by atoms with Crippen LogP contribution in [0.1, 0.15) is 84.1 Å². The third kappa shape index (κ3) is 7.10. The van der Waals surface area contributed by atoms with Gasteiger partial charge in [0.15, 0.2) is 5.58 Å². The van der Waals surface area contributed by atoms with Crippen LogP contribution in [0.2, 0.25) is 5.02 Å². The zero-order chi connectivity index (χ0) is 41.3. The fourth-order valence-corrected chi connectivity index (χ4v) is 11.4. The van der Waals surface area contributed by atoms with Crippen LogP contribution in [0.3, 0.4) is 0 Å². The van der Waals surface area contributed by atoms with E-state index < -0.39 is 27.1 Å². The lowest BCUT2D eigenvalue weighted by molar-refractivity contribution is -0.122. The lowest BCUT2D eigenvalue weighted by atomic mass is 9.95. The van der Waals surface area contributed by atoms with Gasteiger partial charge in [-0.05, 0) is 104 Å². The van der Waals surface area contributed by atoms with Gasteiger partial charge in [0, 0.05) is 49.4 Å². The molecule has 4 heterocycles. The number of hydrogen-bond donors (Lipinski definition) is 2. The first-order chi connectivity index (χ1) is 29.1. The summed E-state index contributed by atoms with van der Waals surface area (Å²) < 4.78 is 45.7. The maximum atomic E-state index is 13.0. The third-order valence-corrected chi connectivity index (χ3v) is 15.2. The van der Waals surface area contributed by atoms with Gasteiger partial charge in [-0.15, -0.1) is 0 Å². The van der Waals surface area contributed by atoms with Gasteiger partial charge in [0.2, 0.25) is 33.6 Å². The maximum absolute atomic E-state index is 13.0. The van der Waals surface area contributed by atoms with Crippen molar-refractivity contribution in [3.8, 4) is 40.4 Å². The van der Waals surface area contributed by atoms with Gasteiger partial charge in [-0.2, -0.15) is 10.2 Å². The topological polar surface area (TPSA) is 171 Å². The number of aliphatic hydroxyl groups is 1. The van der Waals surface area contributed by atoms with Crippen LogP contribution in [0, 0.1) is 17.2 Å². The Balaban J connectivity index is 0.891. The highest BCUT2D eigenvalue weighted by Crippen LogP contribution is 2.46. The van der Waals surface area contributed by atoms with Gasteiger partial charge in [0.25, 0.3) is 0 Å². The number of carbonyl (C=O) groups is 1. The number of halogens is 1. The summed E-state index contributed by atoms with van der Waals surface area (Å²) in [7, 11) is -2.00. The molecular weight excluding hydrogens is 804 g/mol. The molecule has 2 aromatic heterocycles. The molecule has 2 aliphatic heterocycles. The summed E-state index contributed by atoms with van der Waals surface area (Å²) in [5.74, 6) is 0.474. The van der Waals surface area contributed by atoms with E-state index in [1.54, 1.807) is 7.11 Å². The fraction of sp³-hybridized carbons (Fsp3) is 0.422. The zero-order valence-electron chi connectivity index (χ0n) is 33.2. The molecule has 3 aromatic carbocycles. The fourth-order valence-electron chi connectivity index (χ4n) is 9.76. The zero-order valence-corrected chi connectivity index (χ0v) is 34.8. The molecule has 2 N–H and O–H groups in total. The highest BCUT2D eigenvalue weighted by molar-refractivity contribution is 7.90. The van der Waals surface area contributed by atoms with Crippen LogP contribution in [0.4, 0.5) is 0 Å². The minimum Gasteiger partial charge on any atom is -0.481 e. The highest BCUT2D eigenvalue weighted by Gasteiger charge is 2.41. The highest BCUT2D eigenvalue weighted by atomic mass is 35.5. The Kier molecular flexibility index (Phi) is 10.1. The second-order valence-electron chi connectivity index (χ2n) is 16.7. The number of β-amino-alcohol motifs (C(OH)–C–C–N with tert-alkyl or cyclic N) is 1. The molecule has 0 bridgehead atoms. The largest absolute Gasteiger partial charge is 0.481 e. The summed E-state index contributed by atoms with van der Waals surface area (Å²) in [6, 6.07) is 20.2. The minimum absolute atomic E-state index is 0.0258. The number of nitrogens with zero attached hydrogens (tertiary/aromatic N) is 5. The molecule has 3 aliphatic carbocycles. The Morgan fingerprint density at radius 3 is 2.55 bits per heavy atom. The molecule has 3 fully saturated rings. The van der Waals surface area contributed by atoms with Crippen LogP contribution in [0.25, 0.3) is 33.7 Å². The predicted molar refractivity (Wildman–Crippen MR) is 224 cm³/mol. The number of sulfonamides is 1. The van der Waals surface area contributed by atoms with E-state index in [1.165, 1.54) is 0 Å². The second kappa shape index (κ2) is 15.5. The van der Waals surface area contributed by atoms with Crippen molar-refractivity contribution in [1.82, 2.24) is 24.5 Å². The molecule has 60 heavy (non-hydrogen) atoms. The summed E-state index contributed by atoms with van der Waals surface area (Å²) >= 11 is 7.26. The number of methoxy groups -OCH3 is 1. The molecule has 310 valence electrons. The van der Waals surface area contributed by atoms with E-state index in [9.17, 15) is 23.6 Å². The van der Waals surface area contributed by atoms with Crippen molar-refractivity contribution in [2.45, 2.75) is 81.4 Å². The lowest BCUT2D eigenvalue weighted by Crippen LogP contribution is -2.38. The monoisotopic (exact) mass is 848 g/mol. The van der Waals surface area contributed by atoms with E-state index in [0.717, 1.165) is 71.2 Å². The first-order valence-corrected chi connectivity index (χ1v) is 22.7. The molecule has 15 heteroatoms. The molecule has 4 atom stereocenters. The van der Waals surface area contributed by atoms with Crippen molar-refractivity contribution in [2.75, 3.05) is 33.3 Å². The molecule has 1 saturated carbocycles. The number of benzene rings is 3. The van der Waals surface area contributed by atoms with Gasteiger partial charge in [-0.25, -0.2) is 13.4 Å². The molecule has 1 amide bonds. The van der Waals surface area contributed by atoms with Gasteiger partial charge in [-0.3, -0.25) is 19.3 Å². The maximum Gasteiger partial charge on any atom is 0.237 e. The van der Waals surface area contributed by atoms with Crippen molar-refractivity contribution in [3.63, 3.8) is 0 Å². The summed E-state index contributed by atoms with van der Waals surface area (Å²) in [4.78, 5) is 27.0. The van der Waals surface area contributed by atoms with Gasteiger partial charge in [0.05, 0.1) is 35.0 Å². The van der Waals surface area contributed by atoms with Crippen LogP contribution < -0.4 is 14.2 Å². The Morgan fingerprint density at radius 1 is 0.967 bits per heavy atom. The standard InChI is InChI=1S/C45H45ClN6O7S/c1-57-44-26(22-51-18-17-27(53)24-51)8-15-40(49-44)58-39-14-12-30-29(4-2-5-32(30)39)33-6-3-7-34(41(33)46)45-48-37-20-35-31(36(21-47)42(37)59-45)11-13-38(35)52-19-16-25(23-52)43(54)50-60(55,56)28-9-10-28/h2-8,15,20,25,27-28,38-39,53H,9-14,16-19,22-24H2,1H3,(H,50,54)/t25-,27-,38-,39+/m1/s1. The van der Waals surface area contributed by atoms with Crippen LogP contribution in [0.5, 0.6) is 11.8 Å². The number of likely N-dealkylation sites (tertiary alicyclic amines) is 2. The van der Waals surface area contributed by atoms with Crippen molar-refractivity contribution >= 4 is 38.6 Å². The number of oxazole rings is 1. The van der Waals surface area contributed by atoms with E-state index in [-0.39, 0.29) is 18.2 Å². The first-order valence-electron chi connectivity index (χ1n) is 20.8. The number of amides is 1. The van der Waals surface area contributed by atoms with Crippen LogP contribution in [-0.2, 0) is 34.2 Å². The van der Waals surface area contributed by atoms with Crippen molar-refractivity contribution < 1.29 is 32.2 Å². The molecule has 0 radical (unpaired) electrons. The first kappa shape index (κ1) is 39.1. The summed E-state index contributed by atoms with van der Waals surface area (Å²) in [6.45, 7) is 3.22. The molecule has 5 aliphatic rings. The second-order valence-corrected chi connectivity index (χ2v) is 19.1. The number of nitrogens with one attached hydrogen (secondary N) is 1. The van der Waals surface area contributed by atoms with E-state index in [1.807, 2.05) is 42.5 Å². The molecule has 2 saturated heterocycles. The number of carbonyl (C=O) groups excluding carboxylic acids is 1. The number of ether oxygens (including phenoxy) is 2. The quantitative estimate of drug-likeness (QED) is 0.146. The van der Waals surface area contributed by atoms with Crippen LogP contribution in [-0.4, -0.2) is 83.8 Å². The van der Waals surface area contributed by atoms with Gasteiger partial charge < -0.3 is 19.0 Å². The molecule has 0 unspecified atom stereocenters. The summed E-state index contributed by atoms with van der Waals surface area (Å²) in [5.41, 5.74) is 8.98. The summed E-state index contributed by atoms with van der Waals surface area (Å²) in [6.07, 6.45) is 5.03. The van der Waals surface area contributed by atoms with Gasteiger partial charge in [-0.1, -0.05) is 41.9 Å². The smallest absolute Gasteiger partial charge is 0.237 e. The molecule has 0 spiro atoms. The average molecular weight is 849 g/mol. The van der Waals surface area contributed by atoms with E-state index in [0.29, 0.717) is 96.8 Å². The normalized spacial score (nSPS) is 22.8. The number of aromatic nitrogens is 2. The molecule has 13 nitrogen and oxygen atoms in total. The lowest BCUT2D eigenvalue weighted by Gasteiger charge is -2.24. The van der Waals surface area contributed by atoms with E-state index in [4.69, 9.17) is 35.5 Å². The van der Waals surface area contributed by atoms with Crippen LogP contribution >= 0.6 is 11.6 Å². The van der Waals surface area contributed by atoms with Crippen molar-refractivity contribution in [2.24, 2.45) is 5.92 Å². The third-order valence-electron chi connectivity index (χ3n) is 12.9. The number of rotatable bonds is 11. The van der Waals surface area contributed by atoms with Gasteiger partial charge in [0.1, 0.15) is 23.3 Å². The van der Waals surface area contributed by atoms with E-state index in [2.05, 4.69) is 32.7 Å². The SMILES string of the molecule is COc1nc(O[C@H]2CCc3c(-c4cccc(-c5nc6cc7c(c(C#N)c6o5)CC[C@H]7N5CC[C@@H](C(=O)NS(=O)(=O)C6CC6)C5)c4Cl)cccc32)ccc1CN1CC[C@@H](O)C1. The average Bonchev–Trinajstić information content (AvgIpc) is 3.65. The Hall–Kier alpha value is -5.04. The molecular formula is C45H45ClN6O7S. The minimum atomic E-state index is -3.61. The Bertz CT molecular complexity index is 2690. The number of pyridine rings is 1. The predicted octanol–water partition coefficient (Wildman–Crippen LogP) is 6.64.